The number of nitrogens with two attached hydrogens (primary N) is 1. The highest BCUT2D eigenvalue weighted by Crippen LogP contribution is 2.23. The maximum atomic E-state index is 13.0. The van der Waals surface area contributed by atoms with Gasteiger partial charge in [0.2, 0.25) is 11.8 Å². The molecule has 0 aliphatic carbocycles. The molecule has 2 amide bonds. The van der Waals surface area contributed by atoms with E-state index in [9.17, 15) is 14.0 Å². The maximum absolute atomic E-state index is 13.0. The summed E-state index contributed by atoms with van der Waals surface area (Å²) < 4.78 is 13.0. The molecule has 154 valence electrons. The lowest BCUT2D eigenvalue weighted by Crippen LogP contribution is -2.58. The Balaban J connectivity index is 1.54. The van der Waals surface area contributed by atoms with Crippen LogP contribution in [-0.4, -0.2) is 35.3 Å². The zero-order valence-electron chi connectivity index (χ0n) is 17.0. The Labute approximate surface area is 171 Å². The summed E-state index contributed by atoms with van der Waals surface area (Å²) in [4.78, 5) is 27.0. The second-order valence-corrected chi connectivity index (χ2v) is 8.07. The van der Waals surface area contributed by atoms with Crippen molar-refractivity contribution in [1.82, 2.24) is 4.90 Å². The van der Waals surface area contributed by atoms with Gasteiger partial charge in [0.25, 0.3) is 0 Å². The lowest BCUT2D eigenvalue weighted by Gasteiger charge is -2.38. The predicted molar refractivity (Wildman–Crippen MR) is 112 cm³/mol. The minimum absolute atomic E-state index is 0.0386. The molecule has 0 saturated carbocycles. The van der Waals surface area contributed by atoms with Crippen LogP contribution in [0.15, 0.2) is 48.5 Å². The number of benzene rings is 2. The molecule has 2 aromatic rings. The van der Waals surface area contributed by atoms with Gasteiger partial charge in [0.05, 0.1) is 12.0 Å². The third kappa shape index (κ3) is 5.21. The van der Waals surface area contributed by atoms with E-state index in [-0.39, 0.29) is 24.1 Å². The van der Waals surface area contributed by atoms with E-state index in [1.807, 2.05) is 24.3 Å². The number of nitrogens with zero attached hydrogens (tertiary/aromatic N) is 1. The summed E-state index contributed by atoms with van der Waals surface area (Å²) in [6.07, 6.45) is 1.02. The van der Waals surface area contributed by atoms with Gasteiger partial charge in [0.15, 0.2) is 0 Å². The van der Waals surface area contributed by atoms with E-state index in [1.165, 1.54) is 17.7 Å². The van der Waals surface area contributed by atoms with Gasteiger partial charge in [0, 0.05) is 18.8 Å². The molecular formula is C23H28FN3O2. The van der Waals surface area contributed by atoms with Gasteiger partial charge in [-0.05, 0) is 54.2 Å². The van der Waals surface area contributed by atoms with E-state index in [0.717, 1.165) is 11.3 Å². The van der Waals surface area contributed by atoms with Gasteiger partial charge < -0.3 is 16.0 Å². The van der Waals surface area contributed by atoms with Crippen molar-refractivity contribution in [2.45, 2.75) is 44.6 Å². The molecule has 1 aliphatic heterocycles. The second kappa shape index (κ2) is 8.74. The molecule has 3 N–H and O–H groups in total. The van der Waals surface area contributed by atoms with E-state index >= 15 is 0 Å². The molecule has 0 spiro atoms. The van der Waals surface area contributed by atoms with Gasteiger partial charge in [-0.25, -0.2) is 4.39 Å². The van der Waals surface area contributed by atoms with E-state index < -0.39 is 5.54 Å². The molecule has 2 aromatic carbocycles. The van der Waals surface area contributed by atoms with Gasteiger partial charge in [-0.1, -0.05) is 38.1 Å². The zero-order chi connectivity index (χ0) is 21.0. The first kappa shape index (κ1) is 21.0. The summed E-state index contributed by atoms with van der Waals surface area (Å²) in [5, 5.41) is 2.90. The van der Waals surface area contributed by atoms with Gasteiger partial charge in [0.1, 0.15) is 5.82 Å². The average molecular weight is 397 g/mol. The molecule has 0 aromatic heterocycles. The number of halogens is 1. The van der Waals surface area contributed by atoms with Crippen molar-refractivity contribution >= 4 is 17.5 Å². The van der Waals surface area contributed by atoms with Gasteiger partial charge in [-0.2, -0.15) is 0 Å². The second-order valence-electron chi connectivity index (χ2n) is 8.07. The van der Waals surface area contributed by atoms with E-state index in [4.69, 9.17) is 5.73 Å². The highest BCUT2D eigenvalue weighted by atomic mass is 19.1. The van der Waals surface area contributed by atoms with Crippen molar-refractivity contribution in [3.05, 3.63) is 65.5 Å². The number of carbonyl (C=O) groups is 2. The Morgan fingerprint density at radius 3 is 2.21 bits per heavy atom. The smallest absolute Gasteiger partial charge is 0.244 e. The Kier molecular flexibility index (Phi) is 6.33. The van der Waals surface area contributed by atoms with Crippen LogP contribution < -0.4 is 11.1 Å². The Hall–Kier alpha value is -2.73. The fourth-order valence-corrected chi connectivity index (χ4v) is 3.48. The SMILES string of the molecule is CC(C)c1ccc(NC(=O)C2(N)CCN(C(=O)Cc3ccc(F)cc3)CC2)cc1. The molecule has 0 radical (unpaired) electrons. The van der Waals surface area contributed by atoms with E-state index in [1.54, 1.807) is 17.0 Å². The number of nitrogens with one attached hydrogen (secondary N) is 1. The molecule has 6 heteroatoms. The summed E-state index contributed by atoms with van der Waals surface area (Å²) in [5.74, 6) is -0.155. The summed E-state index contributed by atoms with van der Waals surface area (Å²) in [7, 11) is 0. The Morgan fingerprint density at radius 1 is 1.07 bits per heavy atom. The molecule has 29 heavy (non-hydrogen) atoms. The van der Waals surface area contributed by atoms with Crippen LogP contribution in [0.5, 0.6) is 0 Å². The minimum Gasteiger partial charge on any atom is -0.342 e. The van der Waals surface area contributed by atoms with Crippen LogP contribution in [0, 0.1) is 5.82 Å². The van der Waals surface area contributed by atoms with Gasteiger partial charge in [-0.3, -0.25) is 9.59 Å². The third-order valence-electron chi connectivity index (χ3n) is 5.56. The summed E-state index contributed by atoms with van der Waals surface area (Å²) >= 11 is 0. The molecule has 1 fully saturated rings. The number of piperidine rings is 1. The molecule has 0 atom stereocenters. The monoisotopic (exact) mass is 397 g/mol. The van der Waals surface area contributed by atoms with Crippen LogP contribution >= 0.6 is 0 Å². The van der Waals surface area contributed by atoms with E-state index in [0.29, 0.717) is 31.8 Å². The van der Waals surface area contributed by atoms with Crippen LogP contribution in [0.2, 0.25) is 0 Å². The lowest BCUT2D eigenvalue weighted by molar-refractivity contribution is -0.134. The third-order valence-corrected chi connectivity index (χ3v) is 5.56. The number of carbonyl (C=O) groups excluding carboxylic acids is 2. The average Bonchev–Trinajstić information content (AvgIpc) is 2.70. The molecule has 3 rings (SSSR count). The van der Waals surface area contributed by atoms with Crippen LogP contribution in [0.25, 0.3) is 0 Å². The summed E-state index contributed by atoms with van der Waals surface area (Å²) in [6, 6.07) is 13.7. The first-order valence-electron chi connectivity index (χ1n) is 9.99. The fourth-order valence-electron chi connectivity index (χ4n) is 3.48. The zero-order valence-corrected chi connectivity index (χ0v) is 17.0. The predicted octanol–water partition coefficient (Wildman–Crippen LogP) is 3.45. The largest absolute Gasteiger partial charge is 0.342 e. The Bertz CT molecular complexity index is 855. The van der Waals surface area contributed by atoms with E-state index in [2.05, 4.69) is 19.2 Å². The van der Waals surface area contributed by atoms with Crippen LogP contribution in [0.3, 0.4) is 0 Å². The van der Waals surface area contributed by atoms with Crippen LogP contribution in [0.1, 0.15) is 43.7 Å². The van der Waals surface area contributed by atoms with Crippen molar-refractivity contribution < 1.29 is 14.0 Å². The highest BCUT2D eigenvalue weighted by molar-refractivity contribution is 5.98. The standard InChI is InChI=1S/C23H28FN3O2/c1-16(2)18-5-9-20(10-6-18)26-22(29)23(25)11-13-27(14-12-23)21(28)15-17-3-7-19(24)8-4-17/h3-10,16H,11-15,25H2,1-2H3,(H,26,29). The lowest BCUT2D eigenvalue weighted by atomic mass is 9.87. The first-order valence-corrected chi connectivity index (χ1v) is 9.99. The number of likely N-dealkylation sites (tertiary alicyclic amines) is 1. The normalized spacial score (nSPS) is 16.0. The molecule has 1 saturated heterocycles. The number of hydrogen-bond donors (Lipinski definition) is 2. The van der Waals surface area contributed by atoms with Crippen molar-refractivity contribution in [1.29, 1.82) is 0 Å². The van der Waals surface area contributed by atoms with Gasteiger partial charge >= 0.3 is 0 Å². The molecule has 0 bridgehead atoms. The van der Waals surface area contributed by atoms with Crippen molar-refractivity contribution in [3.8, 4) is 0 Å². The number of hydrogen-bond acceptors (Lipinski definition) is 3. The molecule has 1 aliphatic rings. The van der Waals surface area contributed by atoms with Crippen molar-refractivity contribution in [2.75, 3.05) is 18.4 Å². The molecule has 1 heterocycles. The highest BCUT2D eigenvalue weighted by Gasteiger charge is 2.38. The van der Waals surface area contributed by atoms with Gasteiger partial charge in [-0.15, -0.1) is 0 Å². The first-order chi connectivity index (χ1) is 13.8. The summed E-state index contributed by atoms with van der Waals surface area (Å²) in [5.41, 5.74) is 8.07. The number of amides is 2. The quantitative estimate of drug-likeness (QED) is 0.811. The van der Waals surface area contributed by atoms with Crippen molar-refractivity contribution in [2.24, 2.45) is 5.73 Å². The molecular weight excluding hydrogens is 369 g/mol. The topological polar surface area (TPSA) is 75.4 Å². The Morgan fingerprint density at radius 2 is 1.66 bits per heavy atom. The maximum Gasteiger partial charge on any atom is 0.244 e. The van der Waals surface area contributed by atoms with Crippen LogP contribution in [-0.2, 0) is 16.0 Å². The number of rotatable bonds is 5. The minimum atomic E-state index is -0.997. The summed E-state index contributed by atoms with van der Waals surface area (Å²) in [6.45, 7) is 5.09. The molecule has 0 unspecified atom stereocenters. The number of anilines is 1. The van der Waals surface area contributed by atoms with Crippen molar-refractivity contribution in [3.63, 3.8) is 0 Å². The van der Waals surface area contributed by atoms with Crippen LogP contribution in [0.4, 0.5) is 10.1 Å². The molecule has 5 nitrogen and oxygen atoms in total. The fraction of sp³-hybridized carbons (Fsp3) is 0.391.